The minimum atomic E-state index is -0.132. The van der Waals surface area contributed by atoms with Gasteiger partial charge >= 0.3 is 0 Å². The van der Waals surface area contributed by atoms with E-state index in [4.69, 9.17) is 9.72 Å². The maximum absolute atomic E-state index is 5.67. The number of aromatic nitrogens is 1. The van der Waals surface area contributed by atoms with Crippen molar-refractivity contribution in [3.8, 4) is 0 Å². The van der Waals surface area contributed by atoms with Gasteiger partial charge < -0.3 is 10.1 Å². The lowest BCUT2D eigenvalue weighted by atomic mass is 9.88. The molecule has 3 nitrogen and oxygen atoms in total. The normalized spacial score (nSPS) is 21.8. The highest BCUT2D eigenvalue weighted by molar-refractivity contribution is 7.12. The lowest BCUT2D eigenvalue weighted by Gasteiger charge is -2.36. The zero-order valence-electron chi connectivity index (χ0n) is 13.1. The van der Waals surface area contributed by atoms with Crippen molar-refractivity contribution in [2.75, 3.05) is 7.11 Å². The molecule has 0 bridgehead atoms. The fraction of sp³-hybridized carbons (Fsp3) is 0.812. The van der Waals surface area contributed by atoms with Crippen molar-refractivity contribution in [2.45, 2.75) is 76.5 Å². The summed E-state index contributed by atoms with van der Waals surface area (Å²) in [6.07, 6.45) is 7.23. The van der Waals surface area contributed by atoms with Crippen molar-refractivity contribution in [1.29, 1.82) is 0 Å². The van der Waals surface area contributed by atoms with Gasteiger partial charge in [0.05, 0.1) is 16.8 Å². The first-order valence-corrected chi connectivity index (χ1v) is 8.55. The summed E-state index contributed by atoms with van der Waals surface area (Å²) in [4.78, 5) is 6.48. The highest BCUT2D eigenvalue weighted by Crippen LogP contribution is 2.40. The number of hydrogen-bond donors (Lipinski definition) is 1. The molecule has 0 aromatic carbocycles. The molecule has 20 heavy (non-hydrogen) atoms. The second-order valence-corrected chi connectivity index (χ2v) is 8.22. The standard InChI is InChI=1S/C16H26N2OS/c1-15(2,19-4)10-16(3,18-11-8-9-11)14-17-12-6-5-7-13(12)20-14/h11,18H,5-10H2,1-4H3. The van der Waals surface area contributed by atoms with Crippen LogP contribution in [0.15, 0.2) is 0 Å². The minimum absolute atomic E-state index is 0.0598. The summed E-state index contributed by atoms with van der Waals surface area (Å²) in [7, 11) is 1.80. The average molecular weight is 294 g/mol. The molecule has 3 rings (SSSR count). The molecule has 1 fully saturated rings. The molecule has 1 unspecified atom stereocenters. The van der Waals surface area contributed by atoms with E-state index in [0.717, 1.165) is 6.42 Å². The van der Waals surface area contributed by atoms with Gasteiger partial charge in [-0.3, -0.25) is 0 Å². The van der Waals surface area contributed by atoms with Crippen LogP contribution in [0.1, 0.15) is 62.0 Å². The van der Waals surface area contributed by atoms with Crippen molar-refractivity contribution in [2.24, 2.45) is 0 Å². The minimum Gasteiger partial charge on any atom is -0.379 e. The molecule has 1 N–H and O–H groups in total. The Hall–Kier alpha value is -0.450. The molecule has 0 amide bonds. The van der Waals surface area contributed by atoms with Gasteiger partial charge in [-0.1, -0.05) is 0 Å². The molecular formula is C16H26N2OS. The van der Waals surface area contributed by atoms with Gasteiger partial charge in [-0.15, -0.1) is 11.3 Å². The van der Waals surface area contributed by atoms with Gasteiger partial charge in [0, 0.05) is 24.4 Å². The fourth-order valence-electron chi connectivity index (χ4n) is 3.22. The van der Waals surface area contributed by atoms with Crippen molar-refractivity contribution in [3.63, 3.8) is 0 Å². The number of aryl methyl sites for hydroxylation is 2. The number of ether oxygens (including phenoxy) is 1. The molecule has 0 spiro atoms. The molecular weight excluding hydrogens is 268 g/mol. The topological polar surface area (TPSA) is 34.1 Å². The van der Waals surface area contributed by atoms with Gasteiger partial charge in [0.2, 0.25) is 0 Å². The van der Waals surface area contributed by atoms with Crippen molar-refractivity contribution >= 4 is 11.3 Å². The smallest absolute Gasteiger partial charge is 0.113 e. The van der Waals surface area contributed by atoms with E-state index in [2.05, 4.69) is 26.1 Å². The molecule has 112 valence electrons. The first-order valence-electron chi connectivity index (χ1n) is 7.74. The van der Waals surface area contributed by atoms with Gasteiger partial charge in [0.15, 0.2) is 0 Å². The first kappa shape index (κ1) is 14.5. The second-order valence-electron chi connectivity index (χ2n) is 7.13. The maximum Gasteiger partial charge on any atom is 0.113 e. The van der Waals surface area contributed by atoms with Crippen molar-refractivity contribution < 1.29 is 4.74 Å². The molecule has 2 aliphatic carbocycles. The Labute approximate surface area is 126 Å². The Morgan fingerprint density at radius 3 is 2.65 bits per heavy atom. The first-order chi connectivity index (χ1) is 9.42. The summed E-state index contributed by atoms with van der Waals surface area (Å²) in [5.74, 6) is 0. The number of thiazole rings is 1. The molecule has 4 heteroatoms. The Kier molecular flexibility index (Phi) is 3.68. The predicted octanol–water partition coefficient (Wildman–Crippen LogP) is 3.41. The summed E-state index contributed by atoms with van der Waals surface area (Å²) in [5.41, 5.74) is 1.16. The molecule has 0 saturated heterocycles. The fourth-order valence-corrected chi connectivity index (χ4v) is 4.47. The molecule has 1 atom stereocenters. The largest absolute Gasteiger partial charge is 0.379 e. The van der Waals surface area contributed by atoms with E-state index < -0.39 is 0 Å². The van der Waals surface area contributed by atoms with E-state index in [0.29, 0.717) is 6.04 Å². The van der Waals surface area contributed by atoms with Crippen LogP contribution >= 0.6 is 11.3 Å². The Bertz CT molecular complexity index is 471. The highest BCUT2D eigenvalue weighted by atomic mass is 32.1. The average Bonchev–Trinajstić information content (AvgIpc) is 2.89. The maximum atomic E-state index is 5.67. The predicted molar refractivity (Wildman–Crippen MR) is 83.4 cm³/mol. The van der Waals surface area contributed by atoms with Crippen LogP contribution in [0, 0.1) is 0 Å². The van der Waals surface area contributed by atoms with Crippen LogP contribution in [0.2, 0.25) is 0 Å². The molecule has 1 heterocycles. The summed E-state index contributed by atoms with van der Waals surface area (Å²) < 4.78 is 5.67. The lowest BCUT2D eigenvalue weighted by molar-refractivity contribution is -0.00764. The molecule has 1 saturated carbocycles. The third-order valence-electron chi connectivity index (χ3n) is 4.50. The zero-order valence-corrected chi connectivity index (χ0v) is 13.9. The Morgan fingerprint density at radius 2 is 2.05 bits per heavy atom. The SMILES string of the molecule is COC(C)(C)CC(C)(NC1CC1)c1nc2c(s1)CCC2. The third-order valence-corrected chi connectivity index (χ3v) is 5.92. The van der Waals surface area contributed by atoms with Crippen LogP contribution in [0.3, 0.4) is 0 Å². The Morgan fingerprint density at radius 1 is 1.30 bits per heavy atom. The van der Waals surface area contributed by atoms with Crippen molar-refractivity contribution in [1.82, 2.24) is 10.3 Å². The van der Waals surface area contributed by atoms with Crippen LogP contribution < -0.4 is 5.32 Å². The van der Waals surface area contributed by atoms with E-state index >= 15 is 0 Å². The van der Waals surface area contributed by atoms with Gasteiger partial charge in [-0.05, 0) is 52.9 Å². The number of hydrogen-bond acceptors (Lipinski definition) is 4. The second kappa shape index (κ2) is 5.08. The van der Waals surface area contributed by atoms with E-state index in [1.54, 1.807) is 7.11 Å². The van der Waals surface area contributed by atoms with Gasteiger partial charge in [-0.2, -0.15) is 0 Å². The summed E-state index contributed by atoms with van der Waals surface area (Å²) in [6.45, 7) is 6.64. The van der Waals surface area contributed by atoms with Crippen molar-refractivity contribution in [3.05, 3.63) is 15.6 Å². The van der Waals surface area contributed by atoms with Crippen LogP contribution in [0.5, 0.6) is 0 Å². The van der Waals surface area contributed by atoms with Gasteiger partial charge in [0.25, 0.3) is 0 Å². The summed E-state index contributed by atoms with van der Waals surface area (Å²) in [6, 6.07) is 0.673. The molecule has 1 aromatic heterocycles. The highest BCUT2D eigenvalue weighted by Gasteiger charge is 2.41. The molecule has 0 radical (unpaired) electrons. The van der Waals surface area contributed by atoms with E-state index in [1.807, 2.05) is 11.3 Å². The molecule has 2 aliphatic rings. The summed E-state index contributed by atoms with van der Waals surface area (Å²) in [5, 5.41) is 5.09. The van der Waals surface area contributed by atoms with Crippen LogP contribution in [-0.2, 0) is 23.1 Å². The number of nitrogens with zero attached hydrogens (tertiary/aromatic N) is 1. The third kappa shape index (κ3) is 2.92. The number of methoxy groups -OCH3 is 1. The van der Waals surface area contributed by atoms with Gasteiger partial charge in [-0.25, -0.2) is 4.98 Å². The monoisotopic (exact) mass is 294 g/mol. The van der Waals surface area contributed by atoms with Crippen LogP contribution in [0.4, 0.5) is 0 Å². The van der Waals surface area contributed by atoms with Gasteiger partial charge in [0.1, 0.15) is 5.01 Å². The summed E-state index contributed by atoms with van der Waals surface area (Å²) >= 11 is 1.92. The van der Waals surface area contributed by atoms with E-state index in [1.165, 1.54) is 47.7 Å². The van der Waals surface area contributed by atoms with Crippen LogP contribution in [-0.4, -0.2) is 23.7 Å². The Balaban J connectivity index is 1.87. The van der Waals surface area contributed by atoms with E-state index in [9.17, 15) is 0 Å². The number of rotatable bonds is 6. The lowest BCUT2D eigenvalue weighted by Crippen LogP contribution is -2.46. The molecule has 1 aromatic rings. The zero-order chi connectivity index (χ0) is 14.4. The number of nitrogens with one attached hydrogen (secondary N) is 1. The quantitative estimate of drug-likeness (QED) is 0.873. The van der Waals surface area contributed by atoms with E-state index in [-0.39, 0.29) is 11.1 Å². The van der Waals surface area contributed by atoms with Crippen LogP contribution in [0.25, 0.3) is 0 Å². The molecule has 0 aliphatic heterocycles. The number of fused-ring (bicyclic) bond motifs is 1.